The number of aromatic nitrogens is 2. The lowest BCUT2D eigenvalue weighted by Gasteiger charge is -2.17. The summed E-state index contributed by atoms with van der Waals surface area (Å²) in [6.45, 7) is 2.35. The molecule has 0 radical (unpaired) electrons. The molecule has 1 amide bonds. The Hall–Kier alpha value is -3.25. The van der Waals surface area contributed by atoms with Gasteiger partial charge in [0.15, 0.2) is 11.5 Å². The number of rotatable bonds is 9. The number of halogens is 1. The average molecular weight is 426 g/mol. The molecule has 3 aromatic rings. The number of imidazole rings is 1. The van der Waals surface area contributed by atoms with Crippen molar-refractivity contribution in [2.75, 3.05) is 13.7 Å². The summed E-state index contributed by atoms with van der Waals surface area (Å²) in [4.78, 5) is 20.0. The Morgan fingerprint density at radius 2 is 2.10 bits per heavy atom. The van der Waals surface area contributed by atoms with E-state index in [2.05, 4.69) is 15.3 Å². The number of amides is 1. The Labute approximate surface area is 180 Å². The van der Waals surface area contributed by atoms with E-state index in [1.54, 1.807) is 37.7 Å². The number of carbonyl (C=O) groups is 1. The van der Waals surface area contributed by atoms with Crippen molar-refractivity contribution < 1.29 is 14.3 Å². The van der Waals surface area contributed by atoms with E-state index in [1.807, 2.05) is 37.3 Å². The van der Waals surface area contributed by atoms with E-state index in [9.17, 15) is 4.79 Å². The van der Waals surface area contributed by atoms with Crippen molar-refractivity contribution >= 4 is 23.6 Å². The Morgan fingerprint density at radius 1 is 1.30 bits per heavy atom. The van der Waals surface area contributed by atoms with E-state index in [-0.39, 0.29) is 11.9 Å². The molecule has 2 N–H and O–H groups in total. The van der Waals surface area contributed by atoms with Crippen LogP contribution in [-0.4, -0.2) is 29.6 Å². The van der Waals surface area contributed by atoms with Gasteiger partial charge in [0.2, 0.25) is 5.91 Å². The molecule has 0 aliphatic heterocycles. The second-order valence-electron chi connectivity index (χ2n) is 6.51. The van der Waals surface area contributed by atoms with Crippen molar-refractivity contribution in [1.29, 1.82) is 0 Å². The highest BCUT2D eigenvalue weighted by Gasteiger charge is 2.15. The van der Waals surface area contributed by atoms with Crippen LogP contribution < -0.4 is 14.8 Å². The van der Waals surface area contributed by atoms with Crippen LogP contribution in [-0.2, 0) is 11.2 Å². The first kappa shape index (κ1) is 21.5. The number of benzene rings is 2. The first-order chi connectivity index (χ1) is 14.6. The fraction of sp³-hybridized carbons (Fsp3) is 0.217. The summed E-state index contributed by atoms with van der Waals surface area (Å²) in [5.74, 6) is 1.59. The lowest BCUT2D eigenvalue weighted by Crippen LogP contribution is -2.28. The highest BCUT2D eigenvalue weighted by molar-refractivity contribution is 6.32. The Balaban J connectivity index is 1.75. The summed E-state index contributed by atoms with van der Waals surface area (Å²) < 4.78 is 10.9. The van der Waals surface area contributed by atoms with Crippen LogP contribution in [0.5, 0.6) is 11.5 Å². The SMILES string of the molecule is CCOc1c(Cl)cc(/C=C/C(=O)NC(Cc2ncc[nH]2)c2ccccc2)cc1OC. The zero-order valence-electron chi connectivity index (χ0n) is 16.9. The van der Waals surface area contributed by atoms with E-state index in [0.717, 1.165) is 17.0 Å². The number of H-pyrrole nitrogens is 1. The minimum atomic E-state index is -0.223. The first-order valence-corrected chi connectivity index (χ1v) is 10.0. The third-order valence-electron chi connectivity index (χ3n) is 4.44. The largest absolute Gasteiger partial charge is 0.493 e. The number of carbonyl (C=O) groups excluding carboxylic acids is 1. The van der Waals surface area contributed by atoms with Crippen LogP contribution in [0.15, 0.2) is 60.9 Å². The molecule has 0 fully saturated rings. The molecule has 7 heteroatoms. The summed E-state index contributed by atoms with van der Waals surface area (Å²) >= 11 is 6.30. The smallest absolute Gasteiger partial charge is 0.244 e. The molecule has 0 aliphatic carbocycles. The highest BCUT2D eigenvalue weighted by atomic mass is 35.5. The molecular weight excluding hydrogens is 402 g/mol. The molecule has 0 saturated carbocycles. The van der Waals surface area contributed by atoms with Gasteiger partial charge in [-0.2, -0.15) is 0 Å². The maximum atomic E-state index is 12.6. The van der Waals surface area contributed by atoms with E-state index in [0.29, 0.717) is 29.5 Å². The number of methoxy groups -OCH3 is 1. The quantitative estimate of drug-likeness (QED) is 0.492. The van der Waals surface area contributed by atoms with Crippen molar-refractivity contribution in [1.82, 2.24) is 15.3 Å². The van der Waals surface area contributed by atoms with Crippen molar-refractivity contribution in [3.63, 3.8) is 0 Å². The number of hydrogen-bond donors (Lipinski definition) is 2. The average Bonchev–Trinajstić information content (AvgIpc) is 3.27. The van der Waals surface area contributed by atoms with E-state index < -0.39 is 0 Å². The van der Waals surface area contributed by atoms with Gasteiger partial charge in [-0.1, -0.05) is 41.9 Å². The third kappa shape index (κ3) is 5.64. The van der Waals surface area contributed by atoms with Crippen LogP contribution in [0.3, 0.4) is 0 Å². The molecule has 0 aliphatic rings. The van der Waals surface area contributed by atoms with Crippen LogP contribution in [0, 0.1) is 0 Å². The standard InChI is InChI=1S/C23H24ClN3O3/c1-3-30-23-18(24)13-16(14-20(23)29-2)9-10-22(28)27-19(15-21-25-11-12-26-21)17-7-5-4-6-8-17/h4-14,19H,3,15H2,1-2H3,(H,25,26)(H,27,28)/b10-9+. The maximum Gasteiger partial charge on any atom is 0.244 e. The molecule has 0 bridgehead atoms. The number of hydrogen-bond acceptors (Lipinski definition) is 4. The number of aromatic amines is 1. The van der Waals surface area contributed by atoms with E-state index in [4.69, 9.17) is 21.1 Å². The molecule has 0 saturated heterocycles. The van der Waals surface area contributed by atoms with Crippen molar-refractivity contribution in [2.45, 2.75) is 19.4 Å². The van der Waals surface area contributed by atoms with Gasteiger partial charge in [0.05, 0.1) is 24.8 Å². The maximum absolute atomic E-state index is 12.6. The first-order valence-electron chi connectivity index (χ1n) is 9.62. The van der Waals surface area contributed by atoms with Crippen LogP contribution in [0.4, 0.5) is 0 Å². The molecule has 3 rings (SSSR count). The Bertz CT molecular complexity index is 988. The molecule has 1 aromatic heterocycles. The molecule has 1 atom stereocenters. The number of nitrogens with one attached hydrogen (secondary N) is 2. The fourth-order valence-electron chi connectivity index (χ4n) is 3.05. The van der Waals surface area contributed by atoms with E-state index >= 15 is 0 Å². The summed E-state index contributed by atoms with van der Waals surface area (Å²) in [5, 5.41) is 3.47. The van der Waals surface area contributed by atoms with Crippen LogP contribution in [0.2, 0.25) is 5.02 Å². The van der Waals surface area contributed by atoms with Crippen molar-refractivity contribution in [3.8, 4) is 11.5 Å². The van der Waals surface area contributed by atoms with Crippen molar-refractivity contribution in [3.05, 3.63) is 82.9 Å². The monoisotopic (exact) mass is 425 g/mol. The predicted octanol–water partition coefficient (Wildman–Crippen LogP) is 4.58. The van der Waals surface area contributed by atoms with Crippen LogP contribution >= 0.6 is 11.6 Å². The summed E-state index contributed by atoms with van der Waals surface area (Å²) in [7, 11) is 1.55. The lowest BCUT2D eigenvalue weighted by molar-refractivity contribution is -0.117. The molecule has 2 aromatic carbocycles. The fourth-order valence-corrected chi connectivity index (χ4v) is 3.33. The molecule has 1 unspecified atom stereocenters. The zero-order valence-corrected chi connectivity index (χ0v) is 17.6. The minimum Gasteiger partial charge on any atom is -0.493 e. The van der Waals surface area contributed by atoms with E-state index in [1.165, 1.54) is 6.08 Å². The van der Waals surface area contributed by atoms with Gasteiger partial charge in [-0.25, -0.2) is 4.98 Å². The van der Waals surface area contributed by atoms with Gasteiger partial charge in [0.1, 0.15) is 5.82 Å². The number of nitrogens with zero attached hydrogens (tertiary/aromatic N) is 1. The van der Waals surface area contributed by atoms with Gasteiger partial charge in [-0.05, 0) is 36.3 Å². The Kier molecular flexibility index (Phi) is 7.51. The van der Waals surface area contributed by atoms with Gasteiger partial charge in [0.25, 0.3) is 0 Å². The van der Waals surface area contributed by atoms with Gasteiger partial charge < -0.3 is 19.8 Å². The van der Waals surface area contributed by atoms with Crippen molar-refractivity contribution in [2.24, 2.45) is 0 Å². The zero-order chi connectivity index (χ0) is 21.3. The van der Waals surface area contributed by atoms with Gasteiger partial charge in [-0.3, -0.25) is 4.79 Å². The lowest BCUT2D eigenvalue weighted by atomic mass is 10.0. The summed E-state index contributed by atoms with van der Waals surface area (Å²) in [6.07, 6.45) is 7.18. The van der Waals surface area contributed by atoms with Crippen LogP contribution in [0.25, 0.3) is 6.08 Å². The molecule has 30 heavy (non-hydrogen) atoms. The molecule has 1 heterocycles. The second kappa shape index (κ2) is 10.5. The summed E-state index contributed by atoms with van der Waals surface area (Å²) in [6, 6.07) is 13.1. The normalized spacial score (nSPS) is 12.0. The molecule has 0 spiro atoms. The third-order valence-corrected chi connectivity index (χ3v) is 4.72. The molecular formula is C23H24ClN3O3. The topological polar surface area (TPSA) is 76.2 Å². The number of ether oxygens (including phenoxy) is 2. The summed E-state index contributed by atoms with van der Waals surface area (Å²) in [5.41, 5.74) is 1.74. The second-order valence-corrected chi connectivity index (χ2v) is 6.92. The highest BCUT2D eigenvalue weighted by Crippen LogP contribution is 2.36. The molecule has 156 valence electrons. The van der Waals surface area contributed by atoms with Gasteiger partial charge in [-0.15, -0.1) is 0 Å². The molecule has 6 nitrogen and oxygen atoms in total. The van der Waals surface area contributed by atoms with Gasteiger partial charge >= 0.3 is 0 Å². The van der Waals surface area contributed by atoms with Crippen LogP contribution in [0.1, 0.15) is 29.9 Å². The minimum absolute atomic E-state index is 0.215. The Morgan fingerprint density at radius 3 is 2.77 bits per heavy atom. The van der Waals surface area contributed by atoms with Gasteiger partial charge in [0, 0.05) is 24.9 Å². The predicted molar refractivity (Wildman–Crippen MR) is 118 cm³/mol.